The summed E-state index contributed by atoms with van der Waals surface area (Å²) in [6.45, 7) is 8.70. The number of carbonyl (C=O) groups excluding carboxylic acids is 1. The van der Waals surface area contributed by atoms with E-state index in [4.69, 9.17) is 47.7 Å². The summed E-state index contributed by atoms with van der Waals surface area (Å²) in [6.07, 6.45) is 14.8. The number of nitrogens with one attached hydrogen (secondary N) is 1. The van der Waals surface area contributed by atoms with Crippen LogP contribution < -0.4 is 20.3 Å². The lowest BCUT2D eigenvalue weighted by Gasteiger charge is -2.23. The number of halogens is 2. The van der Waals surface area contributed by atoms with E-state index in [1.54, 1.807) is 0 Å². The largest absolute Gasteiger partial charge is 0.494 e. The third kappa shape index (κ3) is 12.0. The number of benzene rings is 5. The Hall–Kier alpha value is -7.52. The van der Waals surface area contributed by atoms with Gasteiger partial charge in [0.1, 0.15) is 5.75 Å². The maximum atomic E-state index is 12.6. The van der Waals surface area contributed by atoms with Gasteiger partial charge >= 0.3 is 5.97 Å². The van der Waals surface area contributed by atoms with Crippen LogP contribution in [0.15, 0.2) is 196 Å². The van der Waals surface area contributed by atoms with E-state index < -0.39 is 0 Å². The molecular formula is C65H61Cl2N5O3. The van der Waals surface area contributed by atoms with Crippen LogP contribution in [0.3, 0.4) is 0 Å². The van der Waals surface area contributed by atoms with Crippen LogP contribution in [0.4, 0.5) is 5.69 Å². The van der Waals surface area contributed by atoms with Crippen LogP contribution in [-0.4, -0.2) is 66.2 Å². The standard InChI is InChI=1S/C65H61Cl2N5O3/c1-43-9-17-47(18-10-43)62-53-29-31-55(68-53)63(48-19-11-44(2)12-20-48)57-33-35-59(70-57)65(60-36-34-58(71-60)64(56-32-30-54(62)69-56)49-21-13-45(3)14-22-49)50-23-27-52(28-24-50)74-41-4-5-42-75-61(73)8-6-7-46-15-25-51(26-16-46)72(39-37-66)40-38-67/h9-31,33-36,71H,4-8,32,37-42H2,1-3H3. The minimum Gasteiger partial charge on any atom is -0.494 e. The predicted octanol–water partition coefficient (Wildman–Crippen LogP) is 12.9. The Morgan fingerprint density at radius 1 is 0.560 bits per heavy atom. The molecule has 10 heteroatoms. The molecule has 8 nitrogen and oxygen atoms in total. The first-order chi connectivity index (χ1) is 36.7. The highest BCUT2D eigenvalue weighted by atomic mass is 35.5. The van der Waals surface area contributed by atoms with Crippen molar-refractivity contribution in [3.63, 3.8) is 0 Å². The molecule has 1 N–H and O–H groups in total. The number of hydrogen-bond donors (Lipinski definition) is 1. The van der Waals surface area contributed by atoms with Crippen LogP contribution in [0.2, 0.25) is 0 Å². The summed E-state index contributed by atoms with van der Waals surface area (Å²) in [5.74, 6) is 1.68. The van der Waals surface area contributed by atoms with Gasteiger partial charge in [-0.15, -0.1) is 23.2 Å². The molecule has 378 valence electrons. The molecule has 0 aliphatic carbocycles. The van der Waals surface area contributed by atoms with Gasteiger partial charge in [0, 0.05) is 76.4 Å². The summed E-state index contributed by atoms with van der Waals surface area (Å²) in [7, 11) is 0. The number of allylic oxidation sites excluding steroid dienone is 7. The van der Waals surface area contributed by atoms with Crippen LogP contribution in [0, 0.1) is 20.8 Å². The number of unbranched alkanes of at least 4 members (excludes halogenated alkanes) is 1. The fraction of sp³-hybridized carbons (Fsp3) is 0.231. The number of aryl methyl sites for hydroxylation is 4. The third-order valence-corrected chi connectivity index (χ3v) is 14.2. The molecule has 0 unspecified atom stereocenters. The number of aromatic amines is 1. The van der Waals surface area contributed by atoms with Crippen molar-refractivity contribution in [2.75, 3.05) is 43.0 Å². The summed E-state index contributed by atoms with van der Waals surface area (Å²) in [5.41, 5.74) is 19.3. The molecule has 75 heavy (non-hydrogen) atoms. The summed E-state index contributed by atoms with van der Waals surface area (Å²) >= 11 is 12.0. The van der Waals surface area contributed by atoms with E-state index in [2.05, 4.69) is 182 Å². The monoisotopic (exact) mass is 1030 g/mol. The molecule has 10 rings (SSSR count). The normalized spacial score (nSPS) is 14.8. The van der Waals surface area contributed by atoms with Gasteiger partial charge in [-0.05, 0) is 135 Å². The van der Waals surface area contributed by atoms with E-state index in [0.717, 1.165) is 133 Å². The molecule has 0 atom stereocenters. The van der Waals surface area contributed by atoms with E-state index in [1.807, 2.05) is 12.1 Å². The van der Waals surface area contributed by atoms with Crippen molar-refractivity contribution in [1.82, 2.24) is 4.98 Å². The Balaban J connectivity index is 0.903. The SMILES string of the molecule is Cc1ccc(C2=C3C=CC(=N3)C(c3ccc(C)cc3)=C3C=CC(=N3)C(c3ccc(OCCCCOC(=O)CCCc4ccc(N(CCCl)CCCl)cc4)cc3)=c3ccc([nH]3)=C(c3ccc(C)cc3)C3=NC2=CC3)cc1. The molecule has 5 heterocycles. The van der Waals surface area contributed by atoms with E-state index in [1.165, 1.54) is 22.3 Å². The number of carbonyl (C=O) groups is 1. The van der Waals surface area contributed by atoms with Crippen molar-refractivity contribution in [2.45, 2.75) is 59.3 Å². The van der Waals surface area contributed by atoms with Gasteiger partial charge in [-0.1, -0.05) is 120 Å². The van der Waals surface area contributed by atoms with Crippen LogP contribution in [0.5, 0.6) is 5.75 Å². The van der Waals surface area contributed by atoms with E-state index in [0.29, 0.717) is 44.2 Å². The fourth-order valence-corrected chi connectivity index (χ4v) is 10.3. The number of aliphatic imine (C=N–C) groups is 3. The summed E-state index contributed by atoms with van der Waals surface area (Å²) in [5, 5.41) is 1.90. The van der Waals surface area contributed by atoms with Crippen molar-refractivity contribution in [3.05, 3.63) is 236 Å². The highest BCUT2D eigenvalue weighted by Crippen LogP contribution is 2.38. The van der Waals surface area contributed by atoms with Crippen LogP contribution in [0.1, 0.15) is 76.6 Å². The molecule has 0 amide bonds. The molecule has 0 fully saturated rings. The first-order valence-corrected chi connectivity index (χ1v) is 27.1. The van der Waals surface area contributed by atoms with Crippen molar-refractivity contribution in [3.8, 4) is 5.75 Å². The molecule has 8 bridgehead atoms. The number of nitrogens with zero attached hydrogens (tertiary/aromatic N) is 4. The van der Waals surface area contributed by atoms with E-state index >= 15 is 0 Å². The smallest absolute Gasteiger partial charge is 0.305 e. The van der Waals surface area contributed by atoms with Crippen LogP contribution in [-0.2, 0) is 16.0 Å². The zero-order chi connectivity index (χ0) is 51.7. The van der Waals surface area contributed by atoms with Gasteiger partial charge in [-0.3, -0.25) is 9.79 Å². The Bertz CT molecular complexity index is 3460. The Morgan fingerprint density at radius 2 is 1.08 bits per heavy atom. The number of esters is 1. The van der Waals surface area contributed by atoms with Crippen molar-refractivity contribution >= 4 is 74.3 Å². The highest BCUT2D eigenvalue weighted by Gasteiger charge is 2.26. The van der Waals surface area contributed by atoms with E-state index in [-0.39, 0.29) is 5.97 Å². The van der Waals surface area contributed by atoms with Gasteiger partial charge in [0.2, 0.25) is 0 Å². The summed E-state index contributed by atoms with van der Waals surface area (Å²) in [4.78, 5) is 35.0. The average Bonchev–Trinajstić information content (AvgIpc) is 4.29. The number of anilines is 1. The summed E-state index contributed by atoms with van der Waals surface area (Å²) < 4.78 is 11.8. The minimum absolute atomic E-state index is 0.171. The zero-order valence-corrected chi connectivity index (χ0v) is 44.4. The number of ether oxygens (including phenoxy) is 2. The average molecular weight is 1030 g/mol. The quantitative estimate of drug-likeness (QED) is 0.0497. The van der Waals surface area contributed by atoms with Gasteiger partial charge in [0.05, 0.1) is 47.4 Å². The first kappa shape index (κ1) is 51.0. The number of H-pyrrole nitrogens is 1. The molecule has 5 aromatic carbocycles. The van der Waals surface area contributed by atoms with Gasteiger partial charge in [-0.2, -0.15) is 0 Å². The van der Waals surface area contributed by atoms with Gasteiger partial charge in [0.25, 0.3) is 0 Å². The highest BCUT2D eigenvalue weighted by molar-refractivity contribution is 6.35. The number of fused-ring (bicyclic) bond motifs is 5. The molecular weight excluding hydrogens is 970 g/mol. The fourth-order valence-electron chi connectivity index (χ4n) is 9.90. The zero-order valence-electron chi connectivity index (χ0n) is 42.8. The number of aromatic nitrogens is 1. The number of hydrogen-bond acceptors (Lipinski definition) is 7. The number of rotatable bonds is 19. The molecule has 6 aromatic rings. The molecule has 1 aromatic heterocycles. The van der Waals surface area contributed by atoms with Gasteiger partial charge in [-0.25, -0.2) is 9.98 Å². The lowest BCUT2D eigenvalue weighted by atomic mass is 9.98. The second-order valence-corrected chi connectivity index (χ2v) is 20.1. The van der Waals surface area contributed by atoms with Gasteiger partial charge < -0.3 is 19.4 Å². The Kier molecular flexibility index (Phi) is 16.2. The van der Waals surface area contributed by atoms with Crippen LogP contribution in [0.25, 0.3) is 22.3 Å². The van der Waals surface area contributed by atoms with Crippen LogP contribution >= 0.6 is 23.2 Å². The summed E-state index contributed by atoms with van der Waals surface area (Å²) in [6, 6.07) is 46.9. The topological polar surface area (TPSA) is 91.6 Å². The molecule has 0 spiro atoms. The Labute approximate surface area is 450 Å². The maximum absolute atomic E-state index is 12.6. The molecule has 0 saturated carbocycles. The lowest BCUT2D eigenvalue weighted by Crippen LogP contribution is -2.27. The van der Waals surface area contributed by atoms with Crippen molar-refractivity contribution in [2.24, 2.45) is 15.0 Å². The third-order valence-electron chi connectivity index (χ3n) is 13.9. The van der Waals surface area contributed by atoms with Crippen molar-refractivity contribution < 1.29 is 14.3 Å². The second kappa shape index (κ2) is 23.8. The second-order valence-electron chi connectivity index (χ2n) is 19.4. The molecule has 4 aliphatic heterocycles. The lowest BCUT2D eigenvalue weighted by molar-refractivity contribution is -0.143. The van der Waals surface area contributed by atoms with Gasteiger partial charge in [0.15, 0.2) is 0 Å². The molecule has 4 aliphatic rings. The minimum atomic E-state index is -0.171. The molecule has 0 saturated heterocycles. The van der Waals surface area contributed by atoms with Crippen molar-refractivity contribution in [1.29, 1.82) is 0 Å². The predicted molar refractivity (Wildman–Crippen MR) is 311 cm³/mol. The first-order valence-electron chi connectivity index (χ1n) is 26.0. The maximum Gasteiger partial charge on any atom is 0.305 e. The Morgan fingerprint density at radius 3 is 1.69 bits per heavy atom. The number of alkyl halides is 2. The van der Waals surface area contributed by atoms with E-state index in [9.17, 15) is 4.79 Å². The molecule has 0 radical (unpaired) electrons.